The number of rotatable bonds is 5. The number of nitrogens with two attached hydrogens (primary N) is 1. The third kappa shape index (κ3) is 3.71. The molecule has 18 heavy (non-hydrogen) atoms. The topological polar surface area (TPSA) is 122 Å². The van der Waals surface area contributed by atoms with Crippen LogP contribution in [0.4, 0.5) is 0 Å². The number of carbonyl (C=O) groups is 1. The maximum absolute atomic E-state index is 10.9. The highest BCUT2D eigenvalue weighted by atomic mass is 16.6. The van der Waals surface area contributed by atoms with Gasteiger partial charge in [0.25, 0.3) is 0 Å². The van der Waals surface area contributed by atoms with Crippen LogP contribution in [0.5, 0.6) is 0 Å². The van der Waals surface area contributed by atoms with Crippen molar-refractivity contribution in [2.24, 2.45) is 5.73 Å². The first-order valence-electron chi connectivity index (χ1n) is 5.75. The predicted octanol–water partition coefficient (Wildman–Crippen LogP) is -2.05. The summed E-state index contributed by atoms with van der Waals surface area (Å²) >= 11 is 0. The molecule has 105 valence electrons. The Morgan fingerprint density at radius 3 is 2.67 bits per heavy atom. The first-order valence-corrected chi connectivity index (χ1v) is 5.75. The zero-order chi connectivity index (χ0) is 13.9. The van der Waals surface area contributed by atoms with Crippen LogP contribution in [0.3, 0.4) is 0 Å². The Morgan fingerprint density at radius 2 is 2.17 bits per heavy atom. The number of carbonyl (C=O) groups excluding carboxylic acids is 1. The van der Waals surface area contributed by atoms with E-state index < -0.39 is 43.4 Å². The molecular weight excluding hydrogens is 242 g/mol. The minimum Gasteiger partial charge on any atom is -0.394 e. The van der Waals surface area contributed by atoms with Crippen molar-refractivity contribution in [3.05, 3.63) is 6.42 Å². The van der Waals surface area contributed by atoms with Gasteiger partial charge >= 0.3 is 0 Å². The molecule has 6 atom stereocenters. The zero-order valence-electron chi connectivity index (χ0n) is 10.4. The van der Waals surface area contributed by atoms with E-state index >= 15 is 0 Å². The number of ketones is 1. The number of aliphatic hydroxyl groups excluding tert-OH is 3. The summed E-state index contributed by atoms with van der Waals surface area (Å²) in [5, 5.41) is 28.4. The van der Waals surface area contributed by atoms with Crippen LogP contribution in [0, 0.1) is 6.42 Å². The summed E-state index contributed by atoms with van der Waals surface area (Å²) in [5.41, 5.74) is 5.67. The quantitative estimate of drug-likeness (QED) is 0.450. The van der Waals surface area contributed by atoms with Crippen LogP contribution in [0.25, 0.3) is 0 Å². The molecule has 7 nitrogen and oxygen atoms in total. The highest BCUT2D eigenvalue weighted by molar-refractivity contribution is 5.84. The summed E-state index contributed by atoms with van der Waals surface area (Å²) in [4.78, 5) is 10.9. The van der Waals surface area contributed by atoms with E-state index in [1.165, 1.54) is 13.3 Å². The molecule has 0 amide bonds. The van der Waals surface area contributed by atoms with Crippen molar-refractivity contribution in [2.75, 3.05) is 6.61 Å². The van der Waals surface area contributed by atoms with Gasteiger partial charge in [0.05, 0.1) is 25.2 Å². The Hall–Kier alpha value is -0.570. The van der Waals surface area contributed by atoms with Crippen molar-refractivity contribution >= 4 is 5.78 Å². The highest BCUT2D eigenvalue weighted by Gasteiger charge is 2.44. The van der Waals surface area contributed by atoms with Gasteiger partial charge < -0.3 is 30.5 Å². The van der Waals surface area contributed by atoms with Crippen LogP contribution in [0.15, 0.2) is 0 Å². The summed E-state index contributed by atoms with van der Waals surface area (Å²) in [5.74, 6) is -0.170. The molecule has 5 N–H and O–H groups in total. The molecular formula is C11H20NO6. The lowest BCUT2D eigenvalue weighted by Crippen LogP contribution is -2.63. The molecule has 0 aromatic heterocycles. The molecule has 1 fully saturated rings. The fourth-order valence-electron chi connectivity index (χ4n) is 1.89. The van der Waals surface area contributed by atoms with Gasteiger partial charge in [0.2, 0.25) is 0 Å². The Balaban J connectivity index is 2.67. The number of hydrogen-bond donors (Lipinski definition) is 4. The van der Waals surface area contributed by atoms with Gasteiger partial charge in [-0.25, -0.2) is 0 Å². The second-order valence-corrected chi connectivity index (χ2v) is 4.40. The first-order chi connectivity index (χ1) is 8.36. The van der Waals surface area contributed by atoms with E-state index in [-0.39, 0.29) is 5.78 Å². The van der Waals surface area contributed by atoms with E-state index in [2.05, 4.69) is 0 Å². The van der Waals surface area contributed by atoms with Gasteiger partial charge in [-0.15, -0.1) is 0 Å². The number of aliphatic hydroxyl groups is 3. The lowest BCUT2D eigenvalue weighted by atomic mass is 9.97. The van der Waals surface area contributed by atoms with Gasteiger partial charge in [-0.2, -0.15) is 0 Å². The lowest BCUT2D eigenvalue weighted by Gasteiger charge is -2.41. The second kappa shape index (κ2) is 6.55. The normalized spacial score (nSPS) is 38.4. The number of hydrogen-bond acceptors (Lipinski definition) is 7. The molecule has 0 bridgehead atoms. The summed E-state index contributed by atoms with van der Waals surface area (Å²) in [6.07, 6.45) is -3.62. The number of ether oxygens (including phenoxy) is 2. The lowest BCUT2D eigenvalue weighted by molar-refractivity contribution is -0.261. The molecule has 0 aromatic rings. The minimum atomic E-state index is -1.33. The second-order valence-electron chi connectivity index (χ2n) is 4.40. The largest absolute Gasteiger partial charge is 0.394 e. The molecule has 0 spiro atoms. The van der Waals surface area contributed by atoms with Crippen LogP contribution < -0.4 is 5.73 Å². The fourth-order valence-corrected chi connectivity index (χ4v) is 1.89. The van der Waals surface area contributed by atoms with Gasteiger partial charge in [0, 0.05) is 0 Å². The first kappa shape index (κ1) is 15.5. The van der Waals surface area contributed by atoms with Crippen molar-refractivity contribution in [1.29, 1.82) is 0 Å². The van der Waals surface area contributed by atoms with Crippen LogP contribution in [0.1, 0.15) is 13.8 Å². The molecule has 1 saturated heterocycles. The zero-order valence-corrected chi connectivity index (χ0v) is 10.4. The minimum absolute atomic E-state index is 0.170. The molecule has 1 aliphatic heterocycles. The SMILES string of the molecule is CC(=O)[CH]C(C)O[C@@H]1[C@@H](N)[C@@H](O)O[C@H](CO)[C@H]1O. The third-order valence-electron chi connectivity index (χ3n) is 2.76. The Bertz CT molecular complexity index is 287. The molecule has 1 rings (SSSR count). The average molecular weight is 262 g/mol. The van der Waals surface area contributed by atoms with Gasteiger partial charge in [0.1, 0.15) is 24.1 Å². The van der Waals surface area contributed by atoms with Crippen LogP contribution >= 0.6 is 0 Å². The van der Waals surface area contributed by atoms with Crippen LogP contribution in [-0.4, -0.2) is 64.5 Å². The molecule has 0 saturated carbocycles. The fraction of sp³-hybridized carbons (Fsp3) is 0.818. The Labute approximate surface area is 105 Å². The van der Waals surface area contributed by atoms with Crippen molar-refractivity contribution in [2.45, 2.75) is 50.6 Å². The monoisotopic (exact) mass is 262 g/mol. The van der Waals surface area contributed by atoms with Crippen LogP contribution in [-0.2, 0) is 14.3 Å². The van der Waals surface area contributed by atoms with Gasteiger partial charge in [-0.1, -0.05) is 0 Å². The van der Waals surface area contributed by atoms with Crippen molar-refractivity contribution in [3.63, 3.8) is 0 Å². The molecule has 0 aromatic carbocycles. The summed E-state index contributed by atoms with van der Waals surface area (Å²) in [7, 11) is 0. The smallest absolute Gasteiger partial charge is 0.173 e. The molecule has 1 unspecified atom stereocenters. The van der Waals surface area contributed by atoms with E-state index in [1.807, 2.05) is 0 Å². The molecule has 1 heterocycles. The van der Waals surface area contributed by atoms with E-state index in [4.69, 9.17) is 20.3 Å². The van der Waals surface area contributed by atoms with E-state index in [0.717, 1.165) is 0 Å². The van der Waals surface area contributed by atoms with E-state index in [1.54, 1.807) is 6.92 Å². The van der Waals surface area contributed by atoms with Gasteiger partial charge in [0.15, 0.2) is 6.29 Å². The molecule has 1 aliphatic rings. The maximum atomic E-state index is 10.9. The number of Topliss-reactive ketones (excluding diaryl/α,β-unsaturated/α-hetero) is 1. The third-order valence-corrected chi connectivity index (χ3v) is 2.76. The molecule has 7 heteroatoms. The van der Waals surface area contributed by atoms with Crippen molar-refractivity contribution in [3.8, 4) is 0 Å². The van der Waals surface area contributed by atoms with Crippen molar-refractivity contribution in [1.82, 2.24) is 0 Å². The van der Waals surface area contributed by atoms with Gasteiger partial charge in [-0.05, 0) is 13.8 Å². The Morgan fingerprint density at radius 1 is 1.56 bits per heavy atom. The van der Waals surface area contributed by atoms with Crippen molar-refractivity contribution < 1.29 is 29.6 Å². The highest BCUT2D eigenvalue weighted by Crippen LogP contribution is 2.22. The summed E-state index contributed by atoms with van der Waals surface area (Å²) < 4.78 is 10.4. The molecule has 0 aliphatic carbocycles. The summed E-state index contributed by atoms with van der Waals surface area (Å²) in [6.45, 7) is 2.54. The maximum Gasteiger partial charge on any atom is 0.173 e. The predicted molar refractivity (Wildman–Crippen MR) is 61.3 cm³/mol. The standard InChI is InChI=1S/C11H20NO6/c1-5(14)3-6(2)17-10-8(12)11(16)18-7(4-13)9(10)15/h3,6-11,13,15-16H,4,12H2,1-2H3/t6?,7-,8-,9-,10-,11+/m1/s1. The van der Waals surface area contributed by atoms with Crippen LogP contribution in [0.2, 0.25) is 0 Å². The van der Waals surface area contributed by atoms with E-state index in [9.17, 15) is 15.0 Å². The molecule has 1 radical (unpaired) electrons. The average Bonchev–Trinajstić information content (AvgIpc) is 2.28. The Kier molecular flexibility index (Phi) is 5.64. The van der Waals surface area contributed by atoms with Gasteiger partial charge in [-0.3, -0.25) is 4.79 Å². The van der Waals surface area contributed by atoms with E-state index in [0.29, 0.717) is 0 Å². The summed E-state index contributed by atoms with van der Waals surface area (Å²) in [6, 6.07) is -0.953.